The molecule has 0 atom stereocenters. The quantitative estimate of drug-likeness (QED) is 0.298. The number of ether oxygens (including phenoxy) is 1. The zero-order valence-electron chi connectivity index (χ0n) is 18.0. The van der Waals surface area contributed by atoms with Crippen molar-refractivity contribution in [3.63, 3.8) is 0 Å². The predicted octanol–water partition coefficient (Wildman–Crippen LogP) is 4.74. The van der Waals surface area contributed by atoms with Crippen molar-refractivity contribution in [1.29, 1.82) is 0 Å². The van der Waals surface area contributed by atoms with Crippen LogP contribution in [0.2, 0.25) is 0 Å². The van der Waals surface area contributed by atoms with Crippen LogP contribution in [-0.2, 0) is 6.42 Å². The minimum Gasteiger partial charge on any atom is -0.478 e. The fourth-order valence-corrected chi connectivity index (χ4v) is 3.34. The Hall–Kier alpha value is -4.46. The molecule has 1 heterocycles. The number of fused-ring (bicyclic) bond motifs is 1. The van der Waals surface area contributed by atoms with Gasteiger partial charge in [0.25, 0.3) is 0 Å². The molecule has 0 radical (unpaired) electrons. The van der Waals surface area contributed by atoms with Crippen LogP contribution in [0.4, 0.5) is 0 Å². The summed E-state index contributed by atoms with van der Waals surface area (Å²) in [7, 11) is 0. The highest BCUT2D eigenvalue weighted by Crippen LogP contribution is 2.21. The Morgan fingerprint density at radius 2 is 1.55 bits per heavy atom. The van der Waals surface area contributed by atoms with Crippen LogP contribution in [0.5, 0.6) is 5.75 Å². The first-order valence-electron chi connectivity index (χ1n) is 10.1. The molecule has 0 saturated carbocycles. The lowest BCUT2D eigenvalue weighted by Crippen LogP contribution is -2.10. The van der Waals surface area contributed by atoms with E-state index in [-0.39, 0.29) is 16.8 Å². The zero-order chi connectivity index (χ0) is 24.0. The first kappa shape index (κ1) is 23.2. The zero-order valence-corrected chi connectivity index (χ0v) is 18.0. The lowest BCUT2D eigenvalue weighted by atomic mass is 9.96. The van der Waals surface area contributed by atoms with Gasteiger partial charge in [0.2, 0.25) is 0 Å². The summed E-state index contributed by atoms with van der Waals surface area (Å²) in [6.07, 6.45) is 1.97. The summed E-state index contributed by atoms with van der Waals surface area (Å²) < 4.78 is 5.25. The van der Waals surface area contributed by atoms with Crippen molar-refractivity contribution in [2.75, 3.05) is 0 Å². The van der Waals surface area contributed by atoms with E-state index in [4.69, 9.17) is 14.9 Å². The number of carboxylic acid groups (broad SMARTS) is 2. The molecule has 8 heteroatoms. The molecule has 3 aromatic carbocycles. The number of carbonyl (C=O) groups excluding carboxylic acids is 1. The Bertz CT molecular complexity index is 1280. The summed E-state index contributed by atoms with van der Waals surface area (Å²) in [6, 6.07) is 18.0. The van der Waals surface area contributed by atoms with Gasteiger partial charge in [0.15, 0.2) is 5.69 Å². The van der Waals surface area contributed by atoms with Gasteiger partial charge in [0.1, 0.15) is 5.75 Å². The Labute approximate surface area is 189 Å². The van der Waals surface area contributed by atoms with Gasteiger partial charge in [0, 0.05) is 6.20 Å². The molecule has 0 bridgehead atoms. The van der Waals surface area contributed by atoms with Crippen LogP contribution in [0.1, 0.15) is 49.3 Å². The summed E-state index contributed by atoms with van der Waals surface area (Å²) in [5.41, 5.74) is 1.44. The maximum absolute atomic E-state index is 11.7. The van der Waals surface area contributed by atoms with Crippen molar-refractivity contribution in [2.45, 2.75) is 20.3 Å². The topological polar surface area (TPSA) is 130 Å². The third-order valence-corrected chi connectivity index (χ3v) is 4.85. The number of carbonyl (C=O) groups is 3. The van der Waals surface area contributed by atoms with Crippen molar-refractivity contribution in [3.8, 4) is 5.75 Å². The first-order chi connectivity index (χ1) is 15.8. The number of hydrogen-bond acceptors (Lipinski definition) is 5. The summed E-state index contributed by atoms with van der Waals surface area (Å²) in [6.45, 7) is 3.42. The normalized spacial score (nSPS) is 10.2. The van der Waals surface area contributed by atoms with E-state index in [2.05, 4.69) is 10.2 Å². The van der Waals surface area contributed by atoms with E-state index in [0.717, 1.165) is 10.8 Å². The molecular formula is C25H22N2O6. The number of nitrogens with one attached hydrogen (secondary N) is 1. The highest BCUT2D eigenvalue weighted by Gasteiger charge is 2.17. The van der Waals surface area contributed by atoms with Crippen LogP contribution in [-0.4, -0.2) is 38.3 Å². The highest BCUT2D eigenvalue weighted by atomic mass is 16.5. The first-order valence-corrected chi connectivity index (χ1v) is 10.1. The monoisotopic (exact) mass is 446 g/mol. The van der Waals surface area contributed by atoms with E-state index in [1.54, 1.807) is 32.2 Å². The van der Waals surface area contributed by atoms with Gasteiger partial charge >= 0.3 is 17.9 Å². The van der Waals surface area contributed by atoms with Crippen LogP contribution in [0, 0.1) is 6.92 Å². The summed E-state index contributed by atoms with van der Waals surface area (Å²) >= 11 is 0. The summed E-state index contributed by atoms with van der Waals surface area (Å²) in [5, 5.41) is 26.4. The standard InChI is InChI=1S/C14H10N2O2.C11H12O4/c17-14(13-7-8-15-16-13)18-12-6-5-10-3-1-2-4-11(10)9-12;1-3-7-8(10(12)13)4-6(2)5-9(7)11(14)15/h1-9H,(H,15,16);4-5H,3H2,1-2H3,(H,12,13)(H,14,15). The number of aryl methyl sites for hydroxylation is 1. The minimum absolute atomic E-state index is 0.0786. The molecule has 0 saturated heterocycles. The van der Waals surface area contributed by atoms with Crippen molar-refractivity contribution < 1.29 is 29.3 Å². The molecule has 33 heavy (non-hydrogen) atoms. The molecular weight excluding hydrogens is 424 g/mol. The Morgan fingerprint density at radius 1 is 0.909 bits per heavy atom. The van der Waals surface area contributed by atoms with E-state index in [1.165, 1.54) is 12.1 Å². The second-order valence-electron chi connectivity index (χ2n) is 7.16. The maximum atomic E-state index is 11.7. The Morgan fingerprint density at radius 3 is 2.09 bits per heavy atom. The maximum Gasteiger partial charge on any atom is 0.364 e. The number of rotatable bonds is 5. The molecule has 4 rings (SSSR count). The molecule has 168 valence electrons. The lowest BCUT2D eigenvalue weighted by Gasteiger charge is -2.09. The second kappa shape index (κ2) is 10.2. The van der Waals surface area contributed by atoms with E-state index >= 15 is 0 Å². The average Bonchev–Trinajstić information content (AvgIpc) is 3.34. The smallest absolute Gasteiger partial charge is 0.364 e. The number of nitrogens with zero attached hydrogens (tertiary/aromatic N) is 1. The van der Waals surface area contributed by atoms with E-state index in [9.17, 15) is 14.4 Å². The fourth-order valence-electron chi connectivity index (χ4n) is 3.34. The number of aromatic nitrogens is 2. The third kappa shape index (κ3) is 5.62. The summed E-state index contributed by atoms with van der Waals surface area (Å²) in [4.78, 5) is 33.5. The van der Waals surface area contributed by atoms with Gasteiger partial charge in [-0.05, 0) is 65.6 Å². The molecule has 0 unspecified atom stereocenters. The number of H-pyrrole nitrogens is 1. The van der Waals surface area contributed by atoms with Gasteiger partial charge in [-0.25, -0.2) is 14.4 Å². The van der Waals surface area contributed by atoms with Crippen LogP contribution in [0.15, 0.2) is 66.9 Å². The fraction of sp³-hybridized carbons (Fsp3) is 0.120. The molecule has 8 nitrogen and oxygen atoms in total. The molecule has 3 N–H and O–H groups in total. The van der Waals surface area contributed by atoms with Crippen LogP contribution < -0.4 is 4.74 Å². The molecule has 0 amide bonds. The third-order valence-electron chi connectivity index (χ3n) is 4.85. The van der Waals surface area contributed by atoms with Gasteiger partial charge < -0.3 is 14.9 Å². The number of esters is 1. The Balaban J connectivity index is 0.000000190. The predicted molar refractivity (Wildman–Crippen MR) is 122 cm³/mol. The molecule has 0 fully saturated rings. The van der Waals surface area contributed by atoms with Gasteiger partial charge in [-0.15, -0.1) is 0 Å². The number of carboxylic acids is 2. The lowest BCUT2D eigenvalue weighted by molar-refractivity contribution is 0.0690. The van der Waals surface area contributed by atoms with Crippen LogP contribution >= 0.6 is 0 Å². The number of benzene rings is 3. The molecule has 0 aliphatic rings. The van der Waals surface area contributed by atoms with Crippen LogP contribution in [0.3, 0.4) is 0 Å². The van der Waals surface area contributed by atoms with Gasteiger partial charge in [-0.3, -0.25) is 5.10 Å². The van der Waals surface area contributed by atoms with Crippen molar-refractivity contribution in [2.24, 2.45) is 0 Å². The molecule has 0 aliphatic carbocycles. The summed E-state index contributed by atoms with van der Waals surface area (Å²) in [5.74, 6) is -2.12. The SMILES string of the molecule is CCc1c(C(=O)O)cc(C)cc1C(=O)O.O=C(Oc1ccc2ccccc2c1)c1cc[nH]n1. The molecule has 0 spiro atoms. The number of hydrogen-bond donors (Lipinski definition) is 3. The molecule has 1 aromatic heterocycles. The highest BCUT2D eigenvalue weighted by molar-refractivity contribution is 5.97. The van der Waals surface area contributed by atoms with E-state index in [1.807, 2.05) is 36.4 Å². The van der Waals surface area contributed by atoms with Crippen molar-refractivity contribution in [1.82, 2.24) is 10.2 Å². The largest absolute Gasteiger partial charge is 0.478 e. The van der Waals surface area contributed by atoms with E-state index in [0.29, 0.717) is 23.3 Å². The van der Waals surface area contributed by atoms with E-state index < -0.39 is 17.9 Å². The second-order valence-corrected chi connectivity index (χ2v) is 7.16. The van der Waals surface area contributed by atoms with Crippen molar-refractivity contribution in [3.05, 3.63) is 94.8 Å². The van der Waals surface area contributed by atoms with Gasteiger partial charge in [0.05, 0.1) is 11.1 Å². The van der Waals surface area contributed by atoms with Gasteiger partial charge in [-0.2, -0.15) is 5.10 Å². The average molecular weight is 446 g/mol. The van der Waals surface area contributed by atoms with Crippen LogP contribution in [0.25, 0.3) is 10.8 Å². The van der Waals surface area contributed by atoms with Crippen molar-refractivity contribution >= 4 is 28.7 Å². The minimum atomic E-state index is -1.09. The molecule has 4 aromatic rings. The molecule has 0 aliphatic heterocycles. The Kier molecular flexibility index (Phi) is 7.20. The van der Waals surface area contributed by atoms with Gasteiger partial charge in [-0.1, -0.05) is 37.3 Å². The number of aromatic amines is 1. The number of aromatic carboxylic acids is 2.